The van der Waals surface area contributed by atoms with Crippen LogP contribution in [-0.4, -0.2) is 80.5 Å². The van der Waals surface area contributed by atoms with Crippen molar-refractivity contribution in [2.24, 2.45) is 0 Å². The van der Waals surface area contributed by atoms with E-state index in [0.717, 1.165) is 57.3 Å². The highest BCUT2D eigenvalue weighted by atomic mass is 16.5. The summed E-state index contributed by atoms with van der Waals surface area (Å²) in [5, 5.41) is 0. The first-order chi connectivity index (χ1) is 17.5. The van der Waals surface area contributed by atoms with Crippen molar-refractivity contribution in [2.45, 2.75) is 50.7 Å². The molecule has 4 heterocycles. The molecule has 1 aromatic heterocycles. The average molecular weight is 495 g/mol. The van der Waals surface area contributed by atoms with E-state index < -0.39 is 0 Å². The van der Waals surface area contributed by atoms with Gasteiger partial charge in [-0.3, -0.25) is 9.69 Å². The van der Waals surface area contributed by atoms with Crippen molar-refractivity contribution < 1.29 is 19.0 Å². The Balaban J connectivity index is 1.11. The Morgan fingerprint density at radius 1 is 1.08 bits per heavy atom. The summed E-state index contributed by atoms with van der Waals surface area (Å²) in [7, 11) is 1.61. The van der Waals surface area contributed by atoms with Gasteiger partial charge in [-0.2, -0.15) is 0 Å². The number of nitrogens with zero attached hydrogens (tertiary/aromatic N) is 4. The van der Waals surface area contributed by atoms with Gasteiger partial charge >= 0.3 is 0 Å². The van der Waals surface area contributed by atoms with Gasteiger partial charge in [0.1, 0.15) is 23.9 Å². The molecule has 1 spiro atoms. The number of anilines is 2. The molecule has 194 valence electrons. The van der Waals surface area contributed by atoms with Crippen molar-refractivity contribution in [3.8, 4) is 11.5 Å². The van der Waals surface area contributed by atoms with Crippen LogP contribution in [0.4, 0.5) is 11.5 Å². The number of methoxy groups -OCH3 is 1. The average Bonchev–Trinajstić information content (AvgIpc) is 3.33. The molecule has 1 aromatic carbocycles. The van der Waals surface area contributed by atoms with Crippen molar-refractivity contribution >= 4 is 17.4 Å². The molecule has 0 aliphatic carbocycles. The molecule has 2 aromatic rings. The number of aromatic nitrogens is 1. The van der Waals surface area contributed by atoms with E-state index >= 15 is 0 Å². The zero-order valence-corrected chi connectivity index (χ0v) is 21.5. The fourth-order valence-electron chi connectivity index (χ4n) is 5.59. The van der Waals surface area contributed by atoms with Crippen LogP contribution in [0.15, 0.2) is 42.6 Å². The highest BCUT2D eigenvalue weighted by Crippen LogP contribution is 2.34. The number of morpholine rings is 1. The van der Waals surface area contributed by atoms with E-state index in [1.807, 2.05) is 12.1 Å². The summed E-state index contributed by atoms with van der Waals surface area (Å²) in [6.07, 6.45) is 7.08. The van der Waals surface area contributed by atoms with Gasteiger partial charge in [0.25, 0.3) is 5.91 Å². The molecule has 36 heavy (non-hydrogen) atoms. The Morgan fingerprint density at radius 2 is 1.86 bits per heavy atom. The van der Waals surface area contributed by atoms with Crippen molar-refractivity contribution in [3.05, 3.63) is 42.6 Å². The predicted molar refractivity (Wildman–Crippen MR) is 140 cm³/mol. The fourth-order valence-corrected chi connectivity index (χ4v) is 5.59. The molecule has 0 N–H and O–H groups in total. The van der Waals surface area contributed by atoms with E-state index in [2.05, 4.69) is 46.0 Å². The number of hydrogen-bond acceptors (Lipinski definition) is 7. The molecule has 0 saturated carbocycles. The minimum absolute atomic E-state index is 0.0498. The summed E-state index contributed by atoms with van der Waals surface area (Å²) in [6.45, 7) is 7.81. The maximum atomic E-state index is 12.6. The number of hydrogen-bond donors (Lipinski definition) is 0. The Bertz CT molecular complexity index is 1010. The van der Waals surface area contributed by atoms with Crippen LogP contribution in [0.25, 0.3) is 0 Å². The number of rotatable bonds is 8. The van der Waals surface area contributed by atoms with E-state index in [4.69, 9.17) is 14.2 Å². The van der Waals surface area contributed by atoms with Crippen LogP contribution in [0.3, 0.4) is 0 Å². The quantitative estimate of drug-likeness (QED) is 0.518. The molecular formula is C28H38N4O4. The molecule has 0 unspecified atom stereocenters. The SMILES string of the molecule is COc1ccc(N2CC3(CCN(c4ccc(OCCCN5CCC[C@H]5C)cc4)CC3)OCC2=O)nc1. The number of amides is 1. The lowest BCUT2D eigenvalue weighted by Gasteiger charge is -2.47. The summed E-state index contributed by atoms with van der Waals surface area (Å²) >= 11 is 0. The summed E-state index contributed by atoms with van der Waals surface area (Å²) in [5.74, 6) is 2.21. The number of piperidine rings is 1. The molecule has 8 nitrogen and oxygen atoms in total. The monoisotopic (exact) mass is 494 g/mol. The topological polar surface area (TPSA) is 67.4 Å². The first-order valence-corrected chi connectivity index (χ1v) is 13.2. The number of ether oxygens (including phenoxy) is 3. The van der Waals surface area contributed by atoms with Gasteiger partial charge in [-0.15, -0.1) is 0 Å². The van der Waals surface area contributed by atoms with Gasteiger partial charge in [-0.05, 0) is 82.0 Å². The Kier molecular flexibility index (Phi) is 7.62. The number of pyridine rings is 1. The molecule has 0 radical (unpaired) electrons. The molecule has 5 rings (SSSR count). The summed E-state index contributed by atoms with van der Waals surface area (Å²) in [5.41, 5.74) is 0.866. The predicted octanol–water partition coefficient (Wildman–Crippen LogP) is 3.75. The van der Waals surface area contributed by atoms with Gasteiger partial charge in [-0.1, -0.05) is 0 Å². The largest absolute Gasteiger partial charge is 0.495 e. The van der Waals surface area contributed by atoms with Crippen molar-refractivity contribution in [1.29, 1.82) is 0 Å². The zero-order chi connectivity index (χ0) is 25.0. The van der Waals surface area contributed by atoms with Gasteiger partial charge in [0.15, 0.2) is 0 Å². The van der Waals surface area contributed by atoms with Crippen LogP contribution >= 0.6 is 0 Å². The third-order valence-electron chi connectivity index (χ3n) is 7.91. The van der Waals surface area contributed by atoms with E-state index in [-0.39, 0.29) is 18.1 Å². The molecule has 1 atom stereocenters. The van der Waals surface area contributed by atoms with E-state index in [0.29, 0.717) is 18.1 Å². The zero-order valence-electron chi connectivity index (χ0n) is 21.5. The highest BCUT2D eigenvalue weighted by Gasteiger charge is 2.43. The molecular weight excluding hydrogens is 456 g/mol. The second kappa shape index (κ2) is 11.0. The third-order valence-corrected chi connectivity index (χ3v) is 7.91. The summed E-state index contributed by atoms with van der Waals surface area (Å²) in [6, 6.07) is 12.8. The van der Waals surface area contributed by atoms with Crippen LogP contribution in [0.1, 0.15) is 39.0 Å². The summed E-state index contributed by atoms with van der Waals surface area (Å²) < 4.78 is 17.3. The number of carbonyl (C=O) groups is 1. The van der Waals surface area contributed by atoms with Crippen LogP contribution in [0.2, 0.25) is 0 Å². The van der Waals surface area contributed by atoms with Gasteiger partial charge in [0, 0.05) is 31.4 Å². The van der Waals surface area contributed by atoms with Crippen LogP contribution in [-0.2, 0) is 9.53 Å². The van der Waals surface area contributed by atoms with Crippen LogP contribution < -0.4 is 19.3 Å². The van der Waals surface area contributed by atoms with Crippen LogP contribution in [0, 0.1) is 0 Å². The van der Waals surface area contributed by atoms with Crippen molar-refractivity contribution in [3.63, 3.8) is 0 Å². The van der Waals surface area contributed by atoms with Gasteiger partial charge in [0.05, 0.1) is 32.1 Å². The Labute approximate surface area is 214 Å². The minimum atomic E-state index is -0.331. The van der Waals surface area contributed by atoms with E-state index in [1.54, 1.807) is 18.2 Å². The normalized spacial score (nSPS) is 22.3. The van der Waals surface area contributed by atoms with Gasteiger partial charge in [-0.25, -0.2) is 4.98 Å². The lowest BCUT2D eigenvalue weighted by molar-refractivity contribution is -0.141. The lowest BCUT2D eigenvalue weighted by Crippen LogP contribution is -2.59. The first-order valence-electron chi connectivity index (χ1n) is 13.2. The Morgan fingerprint density at radius 3 is 2.53 bits per heavy atom. The molecule has 3 aliphatic rings. The van der Waals surface area contributed by atoms with Crippen molar-refractivity contribution in [2.75, 3.05) is 62.8 Å². The molecule has 3 aliphatic heterocycles. The molecule has 3 saturated heterocycles. The Hall–Kier alpha value is -2.84. The summed E-state index contributed by atoms with van der Waals surface area (Å²) in [4.78, 5) is 23.7. The minimum Gasteiger partial charge on any atom is -0.495 e. The molecule has 8 heteroatoms. The molecule has 1 amide bonds. The second-order valence-corrected chi connectivity index (χ2v) is 10.2. The van der Waals surface area contributed by atoms with E-state index in [9.17, 15) is 4.79 Å². The number of benzene rings is 1. The molecule has 3 fully saturated rings. The number of carbonyl (C=O) groups excluding carboxylic acids is 1. The second-order valence-electron chi connectivity index (χ2n) is 10.2. The third kappa shape index (κ3) is 5.60. The molecule has 0 bridgehead atoms. The maximum Gasteiger partial charge on any atom is 0.254 e. The standard InChI is InChI=1S/C28H38N4O4/c1-22-5-3-14-30(22)15-4-18-35-24-8-6-23(7-9-24)31-16-12-28(13-17-31)21-32(27(33)20-36-28)26-11-10-25(34-2)19-29-26/h6-11,19,22H,3-5,12-18,20-21H2,1-2H3/t22-/m1/s1. The first kappa shape index (κ1) is 24.8. The smallest absolute Gasteiger partial charge is 0.254 e. The van der Waals surface area contributed by atoms with Gasteiger partial charge in [0.2, 0.25) is 0 Å². The van der Waals surface area contributed by atoms with Crippen molar-refractivity contribution in [1.82, 2.24) is 9.88 Å². The maximum absolute atomic E-state index is 12.6. The fraction of sp³-hybridized carbons (Fsp3) is 0.571. The highest BCUT2D eigenvalue weighted by molar-refractivity contribution is 5.94. The lowest BCUT2D eigenvalue weighted by atomic mass is 9.89. The number of likely N-dealkylation sites (tertiary alicyclic amines) is 1. The van der Waals surface area contributed by atoms with Crippen LogP contribution in [0.5, 0.6) is 11.5 Å². The van der Waals surface area contributed by atoms with E-state index in [1.165, 1.54) is 25.1 Å². The van der Waals surface area contributed by atoms with Gasteiger partial charge < -0.3 is 24.0 Å².